The third kappa shape index (κ3) is 5.43. The van der Waals surface area contributed by atoms with Crippen LogP contribution in [0.1, 0.15) is 18.4 Å². The van der Waals surface area contributed by atoms with Crippen molar-refractivity contribution in [2.75, 3.05) is 26.0 Å². The van der Waals surface area contributed by atoms with Gasteiger partial charge >= 0.3 is 0 Å². The van der Waals surface area contributed by atoms with E-state index in [1.807, 2.05) is 58.1 Å². The maximum absolute atomic E-state index is 13.2. The first kappa shape index (κ1) is 25.2. The summed E-state index contributed by atoms with van der Waals surface area (Å²) in [6.07, 6.45) is 5.13. The van der Waals surface area contributed by atoms with Gasteiger partial charge in [0.05, 0.1) is 12.9 Å². The van der Waals surface area contributed by atoms with Crippen molar-refractivity contribution in [1.29, 1.82) is 0 Å². The second-order valence-electron chi connectivity index (χ2n) is 9.89. The number of hydrogen-bond donors (Lipinski definition) is 1. The molecule has 6 rings (SSSR count). The third-order valence-electron chi connectivity index (χ3n) is 7.45. The molecule has 0 radical (unpaired) electrons. The molecule has 1 fully saturated rings. The number of aromatic nitrogens is 4. The summed E-state index contributed by atoms with van der Waals surface area (Å²) in [5.74, 6) is 2.61. The van der Waals surface area contributed by atoms with Gasteiger partial charge in [0.1, 0.15) is 5.75 Å². The second kappa shape index (κ2) is 11.4. The number of carbonyl (C=O) groups excluding carboxylic acids is 1. The number of H-pyrrole nitrogens is 1. The predicted octanol–water partition coefficient (Wildman–Crippen LogP) is 6.00. The number of likely N-dealkylation sites (tertiary alicyclic amines) is 1. The van der Waals surface area contributed by atoms with Crippen LogP contribution in [0.2, 0.25) is 0 Å². The zero-order valence-corrected chi connectivity index (χ0v) is 22.7. The average Bonchev–Trinajstić information content (AvgIpc) is 3.61. The number of ether oxygens (including phenoxy) is 1. The van der Waals surface area contributed by atoms with Gasteiger partial charge in [-0.3, -0.25) is 9.36 Å². The van der Waals surface area contributed by atoms with E-state index in [4.69, 9.17) is 4.74 Å². The lowest BCUT2D eigenvalue weighted by molar-refractivity contribution is -0.129. The smallest absolute Gasteiger partial charge is 0.233 e. The van der Waals surface area contributed by atoms with E-state index in [1.54, 1.807) is 7.11 Å². The molecule has 1 aliphatic heterocycles. The molecule has 0 unspecified atom stereocenters. The fourth-order valence-electron chi connectivity index (χ4n) is 5.31. The van der Waals surface area contributed by atoms with E-state index >= 15 is 0 Å². The Morgan fingerprint density at radius 3 is 2.49 bits per heavy atom. The number of aromatic amines is 1. The number of carbonyl (C=O) groups is 1. The standard InChI is InChI=1S/C31H31N5O2S/c1-38-25-13-11-24(12-14-25)36-30(27-20-32-28-10-6-5-9-26(27)28)33-34-31(36)39-21-29(37)35-17-15-23(16-18-35)19-22-7-3-2-4-8-22/h2-14,20,23,32H,15-19,21H2,1H3. The van der Waals surface area contributed by atoms with E-state index in [0.717, 1.165) is 66.1 Å². The van der Waals surface area contributed by atoms with Gasteiger partial charge in [0.15, 0.2) is 11.0 Å². The molecule has 3 heterocycles. The van der Waals surface area contributed by atoms with Crippen LogP contribution in [0.5, 0.6) is 5.75 Å². The first-order valence-electron chi connectivity index (χ1n) is 13.3. The molecule has 198 valence electrons. The first-order valence-corrected chi connectivity index (χ1v) is 14.3. The van der Waals surface area contributed by atoms with Crippen molar-refractivity contribution in [2.45, 2.75) is 24.4 Å². The number of benzene rings is 3. The molecular weight excluding hydrogens is 506 g/mol. The minimum Gasteiger partial charge on any atom is -0.497 e. The molecule has 8 heteroatoms. The number of hydrogen-bond acceptors (Lipinski definition) is 5. The highest BCUT2D eigenvalue weighted by atomic mass is 32.2. The van der Waals surface area contributed by atoms with E-state index in [2.05, 4.69) is 51.6 Å². The van der Waals surface area contributed by atoms with Gasteiger partial charge in [0.25, 0.3) is 0 Å². The van der Waals surface area contributed by atoms with Gasteiger partial charge in [-0.25, -0.2) is 0 Å². The summed E-state index contributed by atoms with van der Waals surface area (Å²) in [5.41, 5.74) is 4.30. The lowest BCUT2D eigenvalue weighted by Crippen LogP contribution is -2.39. The number of para-hydroxylation sites is 1. The summed E-state index contributed by atoms with van der Waals surface area (Å²) in [6.45, 7) is 1.62. The molecule has 0 saturated carbocycles. The molecule has 0 atom stereocenters. The Kier molecular flexibility index (Phi) is 7.36. The normalized spacial score (nSPS) is 14.1. The molecule has 0 bridgehead atoms. The number of amides is 1. The third-order valence-corrected chi connectivity index (χ3v) is 8.37. The van der Waals surface area contributed by atoms with Gasteiger partial charge in [-0.1, -0.05) is 60.3 Å². The van der Waals surface area contributed by atoms with Crippen molar-refractivity contribution < 1.29 is 9.53 Å². The molecule has 1 amide bonds. The fraction of sp³-hybridized carbons (Fsp3) is 0.258. The summed E-state index contributed by atoms with van der Waals surface area (Å²) < 4.78 is 7.39. The molecule has 3 aromatic carbocycles. The van der Waals surface area contributed by atoms with Crippen LogP contribution in [0.3, 0.4) is 0 Å². The van der Waals surface area contributed by atoms with Crippen LogP contribution in [0.4, 0.5) is 0 Å². The summed E-state index contributed by atoms with van der Waals surface area (Å²) in [6, 6.07) is 26.6. The summed E-state index contributed by atoms with van der Waals surface area (Å²) in [4.78, 5) is 18.5. The molecule has 0 spiro atoms. The van der Waals surface area contributed by atoms with Crippen molar-refractivity contribution in [3.05, 3.63) is 90.6 Å². The van der Waals surface area contributed by atoms with E-state index < -0.39 is 0 Å². The summed E-state index contributed by atoms with van der Waals surface area (Å²) in [7, 11) is 1.66. The monoisotopic (exact) mass is 537 g/mol. The maximum atomic E-state index is 13.2. The van der Waals surface area contributed by atoms with Gasteiger partial charge in [-0.2, -0.15) is 0 Å². The van der Waals surface area contributed by atoms with Crippen molar-refractivity contribution in [1.82, 2.24) is 24.6 Å². The Hall–Kier alpha value is -4.04. The number of nitrogens with zero attached hydrogens (tertiary/aromatic N) is 4. The zero-order valence-electron chi connectivity index (χ0n) is 21.9. The largest absolute Gasteiger partial charge is 0.497 e. The van der Waals surface area contributed by atoms with Gasteiger partial charge in [-0.05, 0) is 61.1 Å². The van der Waals surface area contributed by atoms with E-state index in [1.165, 1.54) is 17.3 Å². The molecule has 1 aliphatic rings. The van der Waals surface area contributed by atoms with Crippen LogP contribution >= 0.6 is 11.8 Å². The van der Waals surface area contributed by atoms with Gasteiger partial charge in [0, 0.05) is 41.4 Å². The number of fused-ring (bicyclic) bond motifs is 1. The van der Waals surface area contributed by atoms with E-state index in [-0.39, 0.29) is 5.91 Å². The molecule has 7 nitrogen and oxygen atoms in total. The van der Waals surface area contributed by atoms with E-state index in [0.29, 0.717) is 16.8 Å². The van der Waals surface area contributed by atoms with Crippen LogP contribution in [-0.2, 0) is 11.2 Å². The minimum atomic E-state index is 0.149. The summed E-state index contributed by atoms with van der Waals surface area (Å²) >= 11 is 1.44. The van der Waals surface area contributed by atoms with Gasteiger partial charge in [-0.15, -0.1) is 10.2 Å². The fourth-order valence-corrected chi connectivity index (χ4v) is 6.16. The minimum absolute atomic E-state index is 0.149. The molecule has 5 aromatic rings. The van der Waals surface area contributed by atoms with Crippen LogP contribution in [0, 0.1) is 5.92 Å². The maximum Gasteiger partial charge on any atom is 0.233 e. The number of methoxy groups -OCH3 is 1. The highest BCUT2D eigenvalue weighted by Gasteiger charge is 2.25. The Labute approximate surface area is 232 Å². The SMILES string of the molecule is COc1ccc(-n2c(SCC(=O)N3CCC(Cc4ccccc4)CC3)nnc2-c2c[nH]c3ccccc23)cc1. The van der Waals surface area contributed by atoms with E-state index in [9.17, 15) is 4.79 Å². The quantitative estimate of drug-likeness (QED) is 0.246. The Balaban J connectivity index is 1.19. The van der Waals surface area contributed by atoms with Crippen molar-refractivity contribution in [2.24, 2.45) is 5.92 Å². The van der Waals surface area contributed by atoms with Crippen LogP contribution in [0.15, 0.2) is 90.2 Å². The van der Waals surface area contributed by atoms with Crippen molar-refractivity contribution >= 4 is 28.6 Å². The van der Waals surface area contributed by atoms with Crippen molar-refractivity contribution in [3.63, 3.8) is 0 Å². The Morgan fingerprint density at radius 1 is 0.974 bits per heavy atom. The average molecular weight is 538 g/mol. The summed E-state index contributed by atoms with van der Waals surface area (Å²) in [5, 5.41) is 10.9. The molecule has 0 aliphatic carbocycles. The van der Waals surface area contributed by atoms with Crippen LogP contribution in [0.25, 0.3) is 28.0 Å². The lowest BCUT2D eigenvalue weighted by Gasteiger charge is -2.32. The predicted molar refractivity (Wildman–Crippen MR) is 155 cm³/mol. The topological polar surface area (TPSA) is 76.0 Å². The number of thioether (sulfide) groups is 1. The Bertz CT molecular complexity index is 1550. The lowest BCUT2D eigenvalue weighted by atomic mass is 9.90. The number of nitrogens with one attached hydrogen (secondary N) is 1. The first-order chi connectivity index (χ1) is 19.2. The highest BCUT2D eigenvalue weighted by Crippen LogP contribution is 2.33. The molecule has 1 saturated heterocycles. The number of piperidine rings is 1. The van der Waals surface area contributed by atoms with Crippen LogP contribution < -0.4 is 4.74 Å². The molecule has 2 aromatic heterocycles. The van der Waals surface area contributed by atoms with Crippen LogP contribution in [-0.4, -0.2) is 56.5 Å². The highest BCUT2D eigenvalue weighted by molar-refractivity contribution is 7.99. The van der Waals surface area contributed by atoms with Gasteiger partial charge in [0.2, 0.25) is 5.91 Å². The van der Waals surface area contributed by atoms with Gasteiger partial charge < -0.3 is 14.6 Å². The molecular formula is C31H31N5O2S. The second-order valence-corrected chi connectivity index (χ2v) is 10.8. The van der Waals surface area contributed by atoms with Crippen molar-refractivity contribution in [3.8, 4) is 22.8 Å². The molecule has 39 heavy (non-hydrogen) atoms. The number of rotatable bonds is 8. The zero-order chi connectivity index (χ0) is 26.6. The molecule has 1 N–H and O–H groups in total. The Morgan fingerprint density at radius 2 is 1.72 bits per heavy atom.